The molecule has 1 aromatic heterocycles. The summed E-state index contributed by atoms with van der Waals surface area (Å²) in [5, 5.41) is 3.23. The second-order valence-electron chi connectivity index (χ2n) is 6.22. The monoisotopic (exact) mass is 371 g/mol. The van der Waals surface area contributed by atoms with Gasteiger partial charge in [-0.05, 0) is 38.1 Å². The van der Waals surface area contributed by atoms with Crippen molar-refractivity contribution in [1.29, 1.82) is 0 Å². The highest BCUT2D eigenvalue weighted by Gasteiger charge is 2.23. The van der Waals surface area contributed by atoms with Crippen LogP contribution in [0.4, 0.5) is 22.2 Å². The minimum absolute atomic E-state index is 0.252. The number of nitrogens with zero attached hydrogens (tertiary/aromatic N) is 4. The Bertz CT molecular complexity index is 773. The van der Waals surface area contributed by atoms with E-state index in [4.69, 9.17) is 9.47 Å². The summed E-state index contributed by atoms with van der Waals surface area (Å²) in [5.74, 6) is 2.19. The first-order valence-electron chi connectivity index (χ1n) is 9.02. The lowest BCUT2D eigenvalue weighted by Crippen LogP contribution is -2.49. The molecule has 1 saturated heterocycles. The summed E-state index contributed by atoms with van der Waals surface area (Å²) in [6, 6.07) is 9.56. The predicted molar refractivity (Wildman–Crippen MR) is 104 cm³/mol. The van der Waals surface area contributed by atoms with E-state index in [2.05, 4.69) is 20.2 Å². The van der Waals surface area contributed by atoms with Gasteiger partial charge in [-0.2, -0.15) is 4.98 Å². The number of amides is 1. The van der Waals surface area contributed by atoms with Gasteiger partial charge in [0.25, 0.3) is 0 Å². The van der Waals surface area contributed by atoms with E-state index in [1.165, 1.54) is 0 Å². The molecule has 1 fully saturated rings. The average Bonchev–Trinajstić information content (AvgIpc) is 2.68. The number of rotatable bonds is 5. The molecule has 0 radical (unpaired) electrons. The highest BCUT2D eigenvalue weighted by atomic mass is 16.6. The van der Waals surface area contributed by atoms with Gasteiger partial charge >= 0.3 is 6.09 Å². The van der Waals surface area contributed by atoms with E-state index in [1.807, 2.05) is 44.2 Å². The molecule has 2 aromatic rings. The van der Waals surface area contributed by atoms with Crippen molar-refractivity contribution in [2.45, 2.75) is 13.8 Å². The number of carbonyl (C=O) groups excluding carboxylic acids is 1. The van der Waals surface area contributed by atoms with Gasteiger partial charge in [0, 0.05) is 43.6 Å². The minimum atomic E-state index is -0.252. The van der Waals surface area contributed by atoms with Crippen molar-refractivity contribution in [3.05, 3.63) is 36.0 Å². The number of piperazine rings is 1. The maximum absolute atomic E-state index is 11.8. The Morgan fingerprint density at radius 3 is 2.48 bits per heavy atom. The largest absolute Gasteiger partial charge is 0.497 e. The summed E-state index contributed by atoms with van der Waals surface area (Å²) in [5.41, 5.74) is 1.77. The lowest BCUT2D eigenvalue weighted by Gasteiger charge is -2.34. The first-order chi connectivity index (χ1) is 13.1. The normalized spacial score (nSPS) is 14.0. The van der Waals surface area contributed by atoms with Crippen LogP contribution in [0.2, 0.25) is 0 Å². The molecule has 0 aliphatic carbocycles. The van der Waals surface area contributed by atoms with E-state index in [-0.39, 0.29) is 6.09 Å². The SMILES string of the molecule is CCOC(=O)N1CCN(c2cc(C)nc(Nc3ccc(OC)cc3)n2)CC1. The van der Waals surface area contributed by atoms with Gasteiger partial charge < -0.3 is 24.6 Å². The summed E-state index contributed by atoms with van der Waals surface area (Å²) in [4.78, 5) is 24.8. The fraction of sp³-hybridized carbons (Fsp3) is 0.421. The summed E-state index contributed by atoms with van der Waals surface area (Å²) in [6.07, 6.45) is -0.252. The maximum atomic E-state index is 11.8. The third-order valence-corrected chi connectivity index (χ3v) is 4.32. The Morgan fingerprint density at radius 2 is 1.85 bits per heavy atom. The van der Waals surface area contributed by atoms with Crippen LogP contribution in [0.15, 0.2) is 30.3 Å². The number of methoxy groups -OCH3 is 1. The van der Waals surface area contributed by atoms with E-state index in [0.29, 0.717) is 38.7 Å². The molecule has 0 saturated carbocycles. The van der Waals surface area contributed by atoms with Crippen LogP contribution in [0.25, 0.3) is 0 Å². The van der Waals surface area contributed by atoms with Gasteiger partial charge in [-0.3, -0.25) is 0 Å². The predicted octanol–water partition coefficient (Wildman–Crippen LogP) is 2.82. The zero-order chi connectivity index (χ0) is 19.2. The molecule has 1 aliphatic heterocycles. The highest BCUT2D eigenvalue weighted by molar-refractivity contribution is 5.68. The molecule has 8 heteroatoms. The molecule has 144 valence electrons. The molecule has 0 spiro atoms. The number of nitrogens with one attached hydrogen (secondary N) is 1. The third kappa shape index (κ3) is 4.78. The second-order valence-corrected chi connectivity index (χ2v) is 6.22. The highest BCUT2D eigenvalue weighted by Crippen LogP contribution is 2.21. The van der Waals surface area contributed by atoms with Gasteiger partial charge in [0.2, 0.25) is 5.95 Å². The van der Waals surface area contributed by atoms with Crippen LogP contribution in [0, 0.1) is 6.92 Å². The number of hydrogen-bond donors (Lipinski definition) is 1. The Morgan fingerprint density at radius 1 is 1.15 bits per heavy atom. The van der Waals surface area contributed by atoms with Gasteiger partial charge in [-0.1, -0.05) is 0 Å². The van der Waals surface area contributed by atoms with E-state index < -0.39 is 0 Å². The Hall–Kier alpha value is -3.03. The number of anilines is 3. The summed E-state index contributed by atoms with van der Waals surface area (Å²) in [6.45, 7) is 6.79. The zero-order valence-corrected chi connectivity index (χ0v) is 15.9. The number of ether oxygens (including phenoxy) is 2. The molecule has 3 rings (SSSR count). The van der Waals surface area contributed by atoms with Crippen LogP contribution < -0.4 is 15.0 Å². The van der Waals surface area contributed by atoms with Crippen molar-refractivity contribution in [2.24, 2.45) is 0 Å². The molecule has 0 unspecified atom stereocenters. The fourth-order valence-electron chi connectivity index (χ4n) is 2.91. The minimum Gasteiger partial charge on any atom is -0.497 e. The fourth-order valence-corrected chi connectivity index (χ4v) is 2.91. The topological polar surface area (TPSA) is 79.8 Å². The number of benzene rings is 1. The molecular weight excluding hydrogens is 346 g/mol. The van der Waals surface area contributed by atoms with E-state index in [1.54, 1.807) is 12.0 Å². The third-order valence-electron chi connectivity index (χ3n) is 4.32. The van der Waals surface area contributed by atoms with Crippen molar-refractivity contribution in [3.63, 3.8) is 0 Å². The average molecular weight is 371 g/mol. The quantitative estimate of drug-likeness (QED) is 0.866. The van der Waals surface area contributed by atoms with Gasteiger partial charge in [0.15, 0.2) is 0 Å². The second kappa shape index (κ2) is 8.57. The molecule has 0 bridgehead atoms. The van der Waals surface area contributed by atoms with Crippen LogP contribution in [-0.4, -0.2) is 60.9 Å². The van der Waals surface area contributed by atoms with Gasteiger partial charge in [0.05, 0.1) is 13.7 Å². The van der Waals surface area contributed by atoms with Gasteiger partial charge in [0.1, 0.15) is 11.6 Å². The van der Waals surface area contributed by atoms with Gasteiger partial charge in [-0.25, -0.2) is 9.78 Å². The smallest absolute Gasteiger partial charge is 0.409 e. The van der Waals surface area contributed by atoms with Crippen molar-refractivity contribution >= 4 is 23.5 Å². The Kier molecular flexibility index (Phi) is 5.95. The molecule has 1 N–H and O–H groups in total. The Balaban J connectivity index is 1.67. The van der Waals surface area contributed by atoms with Crippen molar-refractivity contribution in [3.8, 4) is 5.75 Å². The summed E-state index contributed by atoms with van der Waals surface area (Å²) < 4.78 is 10.2. The lowest BCUT2D eigenvalue weighted by molar-refractivity contribution is 0.105. The van der Waals surface area contributed by atoms with E-state index >= 15 is 0 Å². The Labute approximate surface area is 159 Å². The van der Waals surface area contributed by atoms with Crippen molar-refractivity contribution in [1.82, 2.24) is 14.9 Å². The van der Waals surface area contributed by atoms with Crippen LogP contribution in [-0.2, 0) is 4.74 Å². The van der Waals surface area contributed by atoms with Crippen LogP contribution in [0.1, 0.15) is 12.6 Å². The van der Waals surface area contributed by atoms with Crippen LogP contribution >= 0.6 is 0 Å². The lowest BCUT2D eigenvalue weighted by atomic mass is 10.3. The molecular formula is C19H25N5O3. The van der Waals surface area contributed by atoms with E-state index in [9.17, 15) is 4.79 Å². The number of hydrogen-bond acceptors (Lipinski definition) is 7. The molecule has 27 heavy (non-hydrogen) atoms. The first kappa shape index (κ1) is 18.8. The van der Waals surface area contributed by atoms with E-state index in [0.717, 1.165) is 22.9 Å². The first-order valence-corrected chi connectivity index (χ1v) is 9.02. The summed E-state index contributed by atoms with van der Waals surface area (Å²) in [7, 11) is 1.64. The van der Waals surface area contributed by atoms with Gasteiger partial charge in [-0.15, -0.1) is 0 Å². The molecule has 0 atom stereocenters. The maximum Gasteiger partial charge on any atom is 0.409 e. The van der Waals surface area contributed by atoms with Crippen LogP contribution in [0.5, 0.6) is 5.75 Å². The molecule has 1 aromatic carbocycles. The van der Waals surface area contributed by atoms with Crippen molar-refractivity contribution in [2.75, 3.05) is 50.1 Å². The molecule has 2 heterocycles. The van der Waals surface area contributed by atoms with Crippen LogP contribution in [0.3, 0.4) is 0 Å². The number of aryl methyl sites for hydroxylation is 1. The number of carbonyl (C=O) groups is 1. The molecule has 1 amide bonds. The number of aromatic nitrogens is 2. The van der Waals surface area contributed by atoms with Crippen molar-refractivity contribution < 1.29 is 14.3 Å². The summed E-state index contributed by atoms with van der Waals surface area (Å²) >= 11 is 0. The molecule has 1 aliphatic rings. The standard InChI is InChI=1S/C19H25N5O3/c1-4-27-19(25)24-11-9-23(10-12-24)17-13-14(2)20-18(22-17)21-15-5-7-16(26-3)8-6-15/h5-8,13H,4,9-12H2,1-3H3,(H,20,21,22). The molecule has 8 nitrogen and oxygen atoms in total. The zero-order valence-electron chi connectivity index (χ0n) is 15.9.